The number of Topliss-reactive ketones (excluding diaryl/α,β-unsaturated/α-hetero) is 1. The summed E-state index contributed by atoms with van der Waals surface area (Å²) < 4.78 is 5.74. The molecule has 0 saturated heterocycles. The molecular weight excluding hydrogens is 348 g/mol. The molecule has 1 atom stereocenters. The molecule has 2 aliphatic rings. The summed E-state index contributed by atoms with van der Waals surface area (Å²) in [5, 5.41) is 9.70. The van der Waals surface area contributed by atoms with Gasteiger partial charge in [-0.2, -0.15) is 5.26 Å². The van der Waals surface area contributed by atoms with E-state index in [1.165, 1.54) is 0 Å². The lowest BCUT2D eigenvalue weighted by Gasteiger charge is -2.37. The monoisotopic (exact) mass is 370 g/mol. The van der Waals surface area contributed by atoms with Gasteiger partial charge >= 0.3 is 0 Å². The van der Waals surface area contributed by atoms with Crippen molar-refractivity contribution in [2.24, 2.45) is 11.1 Å². The van der Waals surface area contributed by atoms with Crippen molar-refractivity contribution in [1.82, 2.24) is 0 Å². The lowest BCUT2D eigenvalue weighted by Crippen LogP contribution is -2.33. The number of nitriles is 1. The van der Waals surface area contributed by atoms with Crippen LogP contribution in [-0.2, 0) is 9.53 Å². The smallest absolute Gasteiger partial charge is 0.205 e. The highest BCUT2D eigenvalue weighted by Crippen LogP contribution is 2.47. The van der Waals surface area contributed by atoms with Gasteiger partial charge in [-0.15, -0.1) is 0 Å². The van der Waals surface area contributed by atoms with E-state index in [1.54, 1.807) is 0 Å². The minimum Gasteiger partial charge on any atom is -0.444 e. The van der Waals surface area contributed by atoms with Crippen LogP contribution in [0.15, 0.2) is 77.4 Å². The molecule has 28 heavy (non-hydrogen) atoms. The van der Waals surface area contributed by atoms with Gasteiger partial charge in [-0.3, -0.25) is 4.79 Å². The van der Waals surface area contributed by atoms with Gasteiger partial charge in [0.25, 0.3) is 0 Å². The summed E-state index contributed by atoms with van der Waals surface area (Å²) >= 11 is 0. The maximum Gasteiger partial charge on any atom is 0.205 e. The molecule has 4 nitrogen and oxygen atoms in total. The normalized spacial score (nSPS) is 21.0. The number of hydrogen-bond acceptors (Lipinski definition) is 4. The van der Waals surface area contributed by atoms with Gasteiger partial charge in [-0.05, 0) is 22.1 Å². The van der Waals surface area contributed by atoms with Crippen molar-refractivity contribution < 1.29 is 9.53 Å². The van der Waals surface area contributed by atoms with Crippen LogP contribution in [0.3, 0.4) is 0 Å². The highest BCUT2D eigenvalue weighted by atomic mass is 16.5. The van der Waals surface area contributed by atoms with Crippen molar-refractivity contribution in [1.29, 1.82) is 5.26 Å². The van der Waals surface area contributed by atoms with Crippen LogP contribution in [0.1, 0.15) is 38.2 Å². The van der Waals surface area contributed by atoms with Gasteiger partial charge in [0.1, 0.15) is 17.4 Å². The molecule has 1 aliphatic carbocycles. The largest absolute Gasteiger partial charge is 0.444 e. The Morgan fingerprint density at radius 3 is 2.32 bits per heavy atom. The second-order valence-corrected chi connectivity index (χ2v) is 8.19. The van der Waals surface area contributed by atoms with Crippen molar-refractivity contribution in [3.05, 3.63) is 82.9 Å². The van der Waals surface area contributed by atoms with E-state index in [-0.39, 0.29) is 17.1 Å². The highest BCUT2D eigenvalue weighted by Gasteiger charge is 2.42. The maximum absolute atomic E-state index is 13.0. The minimum atomic E-state index is -0.470. The first kappa shape index (κ1) is 18.1. The molecule has 0 spiro atoms. The van der Waals surface area contributed by atoms with E-state index in [0.29, 0.717) is 29.7 Å². The number of hydrogen-bond donors (Lipinski definition) is 1. The van der Waals surface area contributed by atoms with Crippen LogP contribution < -0.4 is 5.73 Å². The Bertz CT molecular complexity index is 1040. The SMILES string of the molecule is CC1(C)CC(=O)C2=C(C1)OC(N)=C(C#N)[C@H]2c1ccc(-c2ccccc2)cc1. The molecule has 2 aromatic carbocycles. The van der Waals surface area contributed by atoms with Crippen molar-refractivity contribution in [3.8, 4) is 17.2 Å². The lowest BCUT2D eigenvalue weighted by molar-refractivity contribution is -0.119. The van der Waals surface area contributed by atoms with E-state index in [0.717, 1.165) is 16.7 Å². The van der Waals surface area contributed by atoms with Crippen LogP contribution in [0.5, 0.6) is 0 Å². The van der Waals surface area contributed by atoms with Gasteiger partial charge in [-0.1, -0.05) is 68.4 Å². The minimum absolute atomic E-state index is 0.0311. The molecule has 0 saturated carbocycles. The van der Waals surface area contributed by atoms with Crippen LogP contribution in [0.2, 0.25) is 0 Å². The second-order valence-electron chi connectivity index (χ2n) is 8.19. The summed E-state index contributed by atoms with van der Waals surface area (Å²) in [5.74, 6) is 0.268. The van der Waals surface area contributed by atoms with Gasteiger partial charge in [0, 0.05) is 18.4 Å². The lowest BCUT2D eigenvalue weighted by atomic mass is 9.70. The Labute approximate surface area is 164 Å². The number of benzene rings is 2. The molecule has 0 amide bonds. The molecule has 2 N–H and O–H groups in total. The first-order chi connectivity index (χ1) is 13.4. The van der Waals surface area contributed by atoms with Crippen LogP contribution in [0.4, 0.5) is 0 Å². The number of ketones is 1. The first-order valence-electron chi connectivity index (χ1n) is 9.39. The maximum atomic E-state index is 13.0. The number of carbonyl (C=O) groups is 1. The zero-order valence-corrected chi connectivity index (χ0v) is 16.0. The molecule has 4 heteroatoms. The summed E-state index contributed by atoms with van der Waals surface area (Å²) in [4.78, 5) is 13.0. The Hall–Kier alpha value is -3.32. The molecule has 2 aromatic rings. The predicted octanol–water partition coefficient (Wildman–Crippen LogP) is 4.80. The fourth-order valence-corrected chi connectivity index (χ4v) is 4.12. The molecular formula is C24H22N2O2. The second kappa shape index (κ2) is 6.69. The van der Waals surface area contributed by atoms with Crippen molar-refractivity contribution in [2.45, 2.75) is 32.6 Å². The number of nitrogens with two attached hydrogens (primary N) is 1. The zero-order valence-electron chi connectivity index (χ0n) is 16.0. The van der Waals surface area contributed by atoms with E-state index >= 15 is 0 Å². The van der Waals surface area contributed by atoms with E-state index in [4.69, 9.17) is 10.5 Å². The molecule has 1 heterocycles. The summed E-state index contributed by atoms with van der Waals surface area (Å²) in [7, 11) is 0. The average molecular weight is 370 g/mol. The third kappa shape index (κ3) is 3.10. The molecule has 0 aromatic heterocycles. The van der Waals surface area contributed by atoms with E-state index < -0.39 is 5.92 Å². The van der Waals surface area contributed by atoms with E-state index in [1.807, 2.05) is 56.3 Å². The van der Waals surface area contributed by atoms with Crippen LogP contribution in [0.25, 0.3) is 11.1 Å². The molecule has 0 unspecified atom stereocenters. The van der Waals surface area contributed by atoms with Gasteiger partial charge in [0.05, 0.1) is 5.92 Å². The quantitative estimate of drug-likeness (QED) is 0.823. The molecule has 4 rings (SSSR count). The summed E-state index contributed by atoms with van der Waals surface area (Å²) in [6.07, 6.45) is 1.07. The average Bonchev–Trinajstić information content (AvgIpc) is 2.67. The molecule has 1 aliphatic heterocycles. The van der Waals surface area contributed by atoms with Crippen LogP contribution >= 0.6 is 0 Å². The molecule has 0 radical (unpaired) electrons. The molecule has 0 fully saturated rings. The van der Waals surface area contributed by atoms with E-state index in [2.05, 4.69) is 18.2 Å². The highest BCUT2D eigenvalue weighted by molar-refractivity contribution is 6.00. The van der Waals surface area contributed by atoms with Gasteiger partial charge in [-0.25, -0.2) is 0 Å². The number of rotatable bonds is 2. The van der Waals surface area contributed by atoms with Gasteiger partial charge in [0.2, 0.25) is 5.88 Å². The first-order valence-corrected chi connectivity index (χ1v) is 9.39. The fraction of sp³-hybridized carbons (Fsp3) is 0.250. The Morgan fingerprint density at radius 1 is 1.04 bits per heavy atom. The summed E-state index contributed by atoms with van der Waals surface area (Å²) in [5.41, 5.74) is 9.85. The van der Waals surface area contributed by atoms with E-state index in [9.17, 15) is 10.1 Å². The van der Waals surface area contributed by atoms with Crippen LogP contribution in [-0.4, -0.2) is 5.78 Å². The number of ether oxygens (including phenoxy) is 1. The van der Waals surface area contributed by atoms with Gasteiger partial charge < -0.3 is 10.5 Å². The topological polar surface area (TPSA) is 76.1 Å². The fourth-order valence-electron chi connectivity index (χ4n) is 4.12. The zero-order chi connectivity index (χ0) is 19.9. The summed E-state index contributed by atoms with van der Waals surface area (Å²) in [6, 6.07) is 20.2. The third-order valence-corrected chi connectivity index (χ3v) is 5.43. The number of nitrogens with zero attached hydrogens (tertiary/aromatic N) is 1. The Morgan fingerprint density at radius 2 is 1.68 bits per heavy atom. The van der Waals surface area contributed by atoms with Crippen molar-refractivity contribution >= 4 is 5.78 Å². The molecule has 140 valence electrons. The molecule has 0 bridgehead atoms. The standard InChI is InChI=1S/C24H22N2O2/c1-24(2)12-19(27)22-20(13-24)28-23(26)18(14-25)21(22)17-10-8-16(9-11-17)15-6-4-3-5-7-15/h3-11,21H,12-13,26H2,1-2H3/t21-/m1/s1. The van der Waals surface area contributed by atoms with Gasteiger partial charge in [0.15, 0.2) is 5.78 Å². The predicted molar refractivity (Wildman–Crippen MR) is 108 cm³/mol. The number of carbonyl (C=O) groups excluding carboxylic acids is 1. The van der Waals surface area contributed by atoms with Crippen molar-refractivity contribution in [3.63, 3.8) is 0 Å². The Balaban J connectivity index is 1.79. The Kier molecular flexibility index (Phi) is 4.31. The number of allylic oxidation sites excluding steroid dienone is 3. The van der Waals surface area contributed by atoms with Crippen LogP contribution in [0, 0.1) is 16.7 Å². The van der Waals surface area contributed by atoms with Crippen molar-refractivity contribution in [2.75, 3.05) is 0 Å². The summed E-state index contributed by atoms with van der Waals surface area (Å²) in [6.45, 7) is 4.09. The third-order valence-electron chi connectivity index (χ3n) is 5.43.